The van der Waals surface area contributed by atoms with E-state index < -0.39 is 18.0 Å². The molecular weight excluding hydrogens is 208 g/mol. The summed E-state index contributed by atoms with van der Waals surface area (Å²) in [5, 5.41) is 11.3. The molecule has 2 amide bonds. The highest BCUT2D eigenvalue weighted by molar-refractivity contribution is 5.91. The van der Waals surface area contributed by atoms with Gasteiger partial charge >= 0.3 is 12.0 Å². The first-order valence-electron chi connectivity index (χ1n) is 4.84. The smallest absolute Gasteiger partial charge is 0.326 e. The van der Waals surface area contributed by atoms with Gasteiger partial charge in [0.05, 0.1) is 0 Å². The minimum absolute atomic E-state index is 0.443. The number of carbonyl (C=O) groups is 2. The number of carboxylic acid groups (broad SMARTS) is 1. The van der Waals surface area contributed by atoms with E-state index in [0.717, 1.165) is 4.90 Å². The third-order valence-corrected chi connectivity index (χ3v) is 2.28. The highest BCUT2D eigenvalue weighted by Crippen LogP contribution is 2.07. The number of nitrogens with one attached hydrogen (secondary N) is 1. The first-order valence-corrected chi connectivity index (χ1v) is 4.84. The lowest BCUT2D eigenvalue weighted by atomic mass is 10.3. The summed E-state index contributed by atoms with van der Waals surface area (Å²) in [7, 11) is 1.44. The zero-order valence-electron chi connectivity index (χ0n) is 9.18. The maximum atomic E-state index is 11.6. The van der Waals surface area contributed by atoms with Crippen LogP contribution in [0.5, 0.6) is 0 Å². The van der Waals surface area contributed by atoms with Gasteiger partial charge in [-0.05, 0) is 19.1 Å². The first-order chi connectivity index (χ1) is 7.52. The van der Waals surface area contributed by atoms with Gasteiger partial charge in [0, 0.05) is 12.7 Å². The minimum Gasteiger partial charge on any atom is -0.480 e. The molecule has 0 aliphatic heterocycles. The van der Waals surface area contributed by atoms with Gasteiger partial charge in [0.25, 0.3) is 0 Å². The maximum Gasteiger partial charge on any atom is 0.326 e. The molecule has 1 aromatic rings. The molecule has 0 fully saturated rings. The molecule has 1 rings (SSSR count). The van der Waals surface area contributed by atoms with Crippen molar-refractivity contribution in [3.63, 3.8) is 0 Å². The summed E-state index contributed by atoms with van der Waals surface area (Å²) in [5.74, 6) is -1.04. The molecule has 0 spiro atoms. The van der Waals surface area contributed by atoms with Gasteiger partial charge in [0.15, 0.2) is 0 Å². The van der Waals surface area contributed by atoms with Crippen molar-refractivity contribution in [3.05, 3.63) is 30.3 Å². The summed E-state index contributed by atoms with van der Waals surface area (Å²) in [6.45, 7) is 1.45. The number of carbonyl (C=O) groups excluding carboxylic acids is 1. The Kier molecular flexibility index (Phi) is 3.88. The number of hydrogen-bond donors (Lipinski definition) is 2. The minimum atomic E-state index is -1.04. The fraction of sp³-hybridized carbons (Fsp3) is 0.273. The summed E-state index contributed by atoms with van der Waals surface area (Å²) in [6.07, 6.45) is 0. The fourth-order valence-electron chi connectivity index (χ4n) is 1.07. The molecule has 0 saturated heterocycles. The van der Waals surface area contributed by atoms with Gasteiger partial charge in [0.1, 0.15) is 6.04 Å². The van der Waals surface area contributed by atoms with E-state index >= 15 is 0 Å². The molecule has 0 heterocycles. The van der Waals surface area contributed by atoms with Gasteiger partial charge in [-0.2, -0.15) is 0 Å². The quantitative estimate of drug-likeness (QED) is 0.816. The molecule has 5 nitrogen and oxygen atoms in total. The molecule has 1 aromatic carbocycles. The second kappa shape index (κ2) is 5.16. The zero-order valence-corrected chi connectivity index (χ0v) is 9.18. The van der Waals surface area contributed by atoms with Crippen molar-refractivity contribution in [1.29, 1.82) is 0 Å². The Morgan fingerprint density at radius 2 is 1.88 bits per heavy atom. The summed E-state index contributed by atoms with van der Waals surface area (Å²) in [6, 6.07) is 7.57. The predicted molar refractivity (Wildman–Crippen MR) is 60.3 cm³/mol. The third-order valence-electron chi connectivity index (χ3n) is 2.28. The molecule has 0 unspecified atom stereocenters. The van der Waals surface area contributed by atoms with Crippen LogP contribution < -0.4 is 5.32 Å². The number of carboxylic acids is 1. The molecule has 16 heavy (non-hydrogen) atoms. The van der Waals surface area contributed by atoms with Crippen molar-refractivity contribution in [1.82, 2.24) is 4.90 Å². The molecule has 86 valence electrons. The Balaban J connectivity index is 2.63. The van der Waals surface area contributed by atoms with Crippen molar-refractivity contribution < 1.29 is 14.7 Å². The van der Waals surface area contributed by atoms with Gasteiger partial charge in [-0.3, -0.25) is 0 Å². The SMILES string of the molecule is C[C@@H](C(=O)O)N(C)C(=O)Nc1ccccc1. The van der Waals surface area contributed by atoms with Crippen molar-refractivity contribution in [2.45, 2.75) is 13.0 Å². The molecule has 0 aliphatic carbocycles. The molecule has 0 aliphatic rings. The molecule has 5 heteroatoms. The number of urea groups is 1. The average molecular weight is 222 g/mol. The van der Waals surface area contributed by atoms with E-state index in [1.165, 1.54) is 14.0 Å². The maximum absolute atomic E-state index is 11.6. The monoisotopic (exact) mass is 222 g/mol. The highest BCUT2D eigenvalue weighted by atomic mass is 16.4. The van der Waals surface area contributed by atoms with Crippen LogP contribution in [-0.4, -0.2) is 35.1 Å². The van der Waals surface area contributed by atoms with Crippen LogP contribution in [0.2, 0.25) is 0 Å². The van der Waals surface area contributed by atoms with Crippen LogP contribution in [0.1, 0.15) is 6.92 Å². The van der Waals surface area contributed by atoms with E-state index in [0.29, 0.717) is 5.69 Å². The summed E-state index contributed by atoms with van der Waals surface area (Å²) in [5.41, 5.74) is 0.636. The van der Waals surface area contributed by atoms with Gasteiger partial charge in [0.2, 0.25) is 0 Å². The van der Waals surface area contributed by atoms with E-state index in [1.54, 1.807) is 24.3 Å². The van der Waals surface area contributed by atoms with Crippen LogP contribution in [-0.2, 0) is 4.79 Å². The molecule has 0 saturated carbocycles. The number of aliphatic carboxylic acids is 1. The lowest BCUT2D eigenvalue weighted by Gasteiger charge is -2.21. The van der Waals surface area contributed by atoms with E-state index in [2.05, 4.69) is 5.32 Å². The van der Waals surface area contributed by atoms with Gasteiger partial charge < -0.3 is 15.3 Å². The third kappa shape index (κ3) is 2.98. The standard InChI is InChI=1S/C11H14N2O3/c1-8(10(14)15)13(2)11(16)12-9-6-4-3-5-7-9/h3-8H,1-2H3,(H,12,16)(H,14,15)/t8-/m0/s1. The molecule has 0 radical (unpaired) electrons. The lowest BCUT2D eigenvalue weighted by Crippen LogP contribution is -2.42. The number of nitrogens with zero attached hydrogens (tertiary/aromatic N) is 1. The second-order valence-corrected chi connectivity index (χ2v) is 3.42. The van der Waals surface area contributed by atoms with E-state index in [9.17, 15) is 9.59 Å². The number of amides is 2. The normalized spacial score (nSPS) is 11.6. The van der Waals surface area contributed by atoms with Crippen molar-refractivity contribution in [3.8, 4) is 0 Å². The molecule has 0 aromatic heterocycles. The average Bonchev–Trinajstić information content (AvgIpc) is 2.28. The zero-order chi connectivity index (χ0) is 12.1. The Hall–Kier alpha value is -2.04. The molecular formula is C11H14N2O3. The van der Waals surface area contributed by atoms with Crippen LogP contribution in [0.4, 0.5) is 10.5 Å². The second-order valence-electron chi connectivity index (χ2n) is 3.42. The van der Waals surface area contributed by atoms with E-state index in [1.807, 2.05) is 6.07 Å². The lowest BCUT2D eigenvalue weighted by molar-refractivity contribution is -0.141. The van der Waals surface area contributed by atoms with Crippen LogP contribution in [0.3, 0.4) is 0 Å². The Bertz CT molecular complexity index is 378. The summed E-state index contributed by atoms with van der Waals surface area (Å²) < 4.78 is 0. The van der Waals surface area contributed by atoms with Gasteiger partial charge in [-0.25, -0.2) is 9.59 Å². The predicted octanol–water partition coefficient (Wildman–Crippen LogP) is 1.62. The highest BCUT2D eigenvalue weighted by Gasteiger charge is 2.21. The number of anilines is 1. The number of hydrogen-bond acceptors (Lipinski definition) is 2. The first kappa shape index (κ1) is 12.0. The largest absolute Gasteiger partial charge is 0.480 e. The van der Waals surface area contributed by atoms with Crippen LogP contribution in [0, 0.1) is 0 Å². The molecule has 2 N–H and O–H groups in total. The van der Waals surface area contributed by atoms with Crippen molar-refractivity contribution >= 4 is 17.7 Å². The van der Waals surface area contributed by atoms with Crippen LogP contribution >= 0.6 is 0 Å². The summed E-state index contributed by atoms with van der Waals surface area (Å²) in [4.78, 5) is 23.4. The van der Waals surface area contributed by atoms with Gasteiger partial charge in [-0.1, -0.05) is 18.2 Å². The van der Waals surface area contributed by atoms with Crippen molar-refractivity contribution in [2.75, 3.05) is 12.4 Å². The number of para-hydroxylation sites is 1. The van der Waals surface area contributed by atoms with Crippen LogP contribution in [0.25, 0.3) is 0 Å². The number of benzene rings is 1. The Morgan fingerprint density at radius 1 is 1.31 bits per heavy atom. The molecule has 1 atom stereocenters. The van der Waals surface area contributed by atoms with Crippen LogP contribution in [0.15, 0.2) is 30.3 Å². The van der Waals surface area contributed by atoms with E-state index in [-0.39, 0.29) is 0 Å². The molecule has 0 bridgehead atoms. The fourth-order valence-corrected chi connectivity index (χ4v) is 1.07. The van der Waals surface area contributed by atoms with Gasteiger partial charge in [-0.15, -0.1) is 0 Å². The number of likely N-dealkylation sites (N-methyl/N-ethyl adjacent to an activating group) is 1. The Labute approximate surface area is 93.7 Å². The topological polar surface area (TPSA) is 69.6 Å². The number of rotatable bonds is 3. The summed E-state index contributed by atoms with van der Waals surface area (Å²) >= 11 is 0. The Morgan fingerprint density at radius 3 is 2.38 bits per heavy atom. The van der Waals surface area contributed by atoms with Crippen molar-refractivity contribution in [2.24, 2.45) is 0 Å². The van der Waals surface area contributed by atoms with E-state index in [4.69, 9.17) is 5.11 Å².